The fraction of sp³-hybridized carbons (Fsp3) is 0.143. The van der Waals surface area contributed by atoms with E-state index in [9.17, 15) is 10.1 Å². The minimum Gasteiger partial charge on any atom is -0.398 e. The molecule has 0 amide bonds. The van der Waals surface area contributed by atoms with Crippen molar-refractivity contribution >= 4 is 16.7 Å². The van der Waals surface area contributed by atoms with Crippen molar-refractivity contribution in [3.8, 4) is 0 Å². The van der Waals surface area contributed by atoms with Crippen molar-refractivity contribution in [1.82, 2.24) is 15.2 Å². The molecule has 0 aliphatic rings. The molecule has 72 valence electrons. The van der Waals surface area contributed by atoms with E-state index in [1.54, 1.807) is 12.1 Å². The second-order valence-electron chi connectivity index (χ2n) is 2.55. The highest BCUT2D eigenvalue weighted by molar-refractivity contribution is 5.83. The van der Waals surface area contributed by atoms with Crippen LogP contribution < -0.4 is 4.84 Å². The Morgan fingerprint density at radius 2 is 2.36 bits per heavy atom. The molecule has 0 saturated heterocycles. The zero-order valence-electron chi connectivity index (χ0n) is 7.25. The van der Waals surface area contributed by atoms with E-state index in [0.717, 1.165) is 4.85 Å². The van der Waals surface area contributed by atoms with Crippen molar-refractivity contribution in [2.75, 3.05) is 7.11 Å². The minimum atomic E-state index is -0.503. The van der Waals surface area contributed by atoms with Crippen molar-refractivity contribution in [2.24, 2.45) is 0 Å². The van der Waals surface area contributed by atoms with Gasteiger partial charge in [-0.05, 0) is 11.3 Å². The molecule has 14 heavy (non-hydrogen) atoms. The van der Waals surface area contributed by atoms with Gasteiger partial charge in [0.1, 0.15) is 12.6 Å². The van der Waals surface area contributed by atoms with Gasteiger partial charge >= 0.3 is 0 Å². The summed E-state index contributed by atoms with van der Waals surface area (Å²) in [6.45, 7) is 0. The van der Waals surface area contributed by atoms with Gasteiger partial charge in [-0.1, -0.05) is 10.9 Å². The fourth-order valence-corrected chi connectivity index (χ4v) is 1.19. The lowest BCUT2D eigenvalue weighted by Crippen LogP contribution is -2.06. The van der Waals surface area contributed by atoms with Crippen molar-refractivity contribution in [1.29, 1.82) is 0 Å². The lowest BCUT2D eigenvalue weighted by molar-refractivity contribution is -0.383. The third-order valence-electron chi connectivity index (χ3n) is 1.80. The largest absolute Gasteiger partial charge is 0.398 e. The molecule has 7 heteroatoms. The number of nitro benzene ring substituents is 1. The maximum Gasteiger partial charge on any atom is 0.299 e. The molecule has 0 aliphatic carbocycles. The van der Waals surface area contributed by atoms with Crippen LogP contribution in [0.15, 0.2) is 18.2 Å². The van der Waals surface area contributed by atoms with Gasteiger partial charge in [-0.3, -0.25) is 10.1 Å². The number of rotatable bonds is 2. The second-order valence-corrected chi connectivity index (χ2v) is 2.55. The number of benzene rings is 1. The molecule has 0 atom stereocenters. The number of non-ortho nitro benzene ring substituents is 1. The molecule has 1 aromatic heterocycles. The molecule has 0 saturated carbocycles. The van der Waals surface area contributed by atoms with Crippen LogP contribution in [0.5, 0.6) is 0 Å². The summed E-state index contributed by atoms with van der Waals surface area (Å²) in [5.74, 6) is 0. The molecule has 2 rings (SSSR count). The molecular formula is C7H6N4O3. The van der Waals surface area contributed by atoms with E-state index in [1.807, 2.05) is 0 Å². The van der Waals surface area contributed by atoms with Gasteiger partial charge in [0.15, 0.2) is 5.52 Å². The predicted molar refractivity (Wildman–Crippen MR) is 46.7 cm³/mol. The first-order chi connectivity index (χ1) is 6.74. The lowest BCUT2D eigenvalue weighted by atomic mass is 10.3. The Balaban J connectivity index is 2.76. The molecule has 2 aromatic rings. The highest BCUT2D eigenvalue weighted by Gasteiger charge is 2.16. The molecule has 0 fully saturated rings. The molecule has 0 N–H and O–H groups in total. The van der Waals surface area contributed by atoms with Gasteiger partial charge in [0.05, 0.1) is 4.92 Å². The highest BCUT2D eigenvalue weighted by atomic mass is 16.7. The van der Waals surface area contributed by atoms with Crippen LogP contribution in [0, 0.1) is 10.1 Å². The van der Waals surface area contributed by atoms with Crippen LogP contribution >= 0.6 is 0 Å². The zero-order valence-corrected chi connectivity index (χ0v) is 7.25. The van der Waals surface area contributed by atoms with E-state index in [1.165, 1.54) is 13.2 Å². The monoisotopic (exact) mass is 194 g/mol. The first kappa shape index (κ1) is 8.42. The molecule has 0 bridgehead atoms. The molecule has 0 aliphatic heterocycles. The van der Waals surface area contributed by atoms with Gasteiger partial charge in [-0.15, -0.1) is 5.10 Å². The van der Waals surface area contributed by atoms with E-state index in [4.69, 9.17) is 4.84 Å². The summed E-state index contributed by atoms with van der Waals surface area (Å²) >= 11 is 0. The molecule has 1 heterocycles. The average Bonchev–Trinajstić information content (AvgIpc) is 2.59. The van der Waals surface area contributed by atoms with Crippen LogP contribution in [0.3, 0.4) is 0 Å². The third-order valence-corrected chi connectivity index (χ3v) is 1.80. The summed E-state index contributed by atoms with van der Waals surface area (Å²) in [5.41, 5.74) is 0.617. The van der Waals surface area contributed by atoms with Crippen molar-refractivity contribution < 1.29 is 9.76 Å². The van der Waals surface area contributed by atoms with Gasteiger partial charge in [0, 0.05) is 6.07 Å². The van der Waals surface area contributed by atoms with Crippen molar-refractivity contribution in [3.05, 3.63) is 28.3 Å². The number of hydrogen-bond acceptors (Lipinski definition) is 5. The van der Waals surface area contributed by atoms with Crippen molar-refractivity contribution in [3.63, 3.8) is 0 Å². The Morgan fingerprint density at radius 3 is 3.00 bits per heavy atom. The van der Waals surface area contributed by atoms with Crippen LogP contribution in [0.4, 0.5) is 5.69 Å². The standard InChI is InChI=1S/C7H6N4O3/c1-14-10-5-3-2-4-6(11(12)13)7(5)8-9-10/h2-4H,1H3. The topological polar surface area (TPSA) is 83.1 Å². The quantitative estimate of drug-likeness (QED) is 0.510. The van der Waals surface area contributed by atoms with Crippen LogP contribution in [-0.2, 0) is 0 Å². The van der Waals surface area contributed by atoms with Gasteiger partial charge < -0.3 is 4.84 Å². The number of nitrogens with zero attached hydrogens (tertiary/aromatic N) is 4. The Labute approximate surface area is 78.0 Å². The first-order valence-electron chi connectivity index (χ1n) is 3.77. The molecule has 0 radical (unpaired) electrons. The highest BCUT2D eigenvalue weighted by Crippen LogP contribution is 2.21. The van der Waals surface area contributed by atoms with Crippen molar-refractivity contribution in [2.45, 2.75) is 0 Å². The predicted octanol–water partition coefficient (Wildman–Crippen LogP) is 0.398. The Hall–Kier alpha value is -2.18. The van der Waals surface area contributed by atoms with E-state index in [2.05, 4.69) is 10.3 Å². The molecule has 7 nitrogen and oxygen atoms in total. The van der Waals surface area contributed by atoms with Gasteiger partial charge in [-0.2, -0.15) is 0 Å². The van der Waals surface area contributed by atoms with Crippen LogP contribution in [0.1, 0.15) is 0 Å². The Morgan fingerprint density at radius 1 is 1.57 bits per heavy atom. The van der Waals surface area contributed by atoms with Gasteiger partial charge in [-0.25, -0.2) is 0 Å². The molecule has 0 spiro atoms. The van der Waals surface area contributed by atoms with Crippen LogP contribution in [0.25, 0.3) is 11.0 Å². The third kappa shape index (κ3) is 1.06. The Bertz CT molecular complexity index is 493. The first-order valence-corrected chi connectivity index (χ1v) is 3.77. The number of nitro groups is 1. The van der Waals surface area contributed by atoms with Crippen LogP contribution in [0.2, 0.25) is 0 Å². The second kappa shape index (κ2) is 2.95. The van der Waals surface area contributed by atoms with E-state index < -0.39 is 4.92 Å². The minimum absolute atomic E-state index is 0.0780. The van der Waals surface area contributed by atoms with Crippen LogP contribution in [-0.4, -0.2) is 27.2 Å². The summed E-state index contributed by atoms with van der Waals surface area (Å²) in [6.07, 6.45) is 0. The zero-order chi connectivity index (χ0) is 10.1. The smallest absolute Gasteiger partial charge is 0.299 e. The summed E-state index contributed by atoms with van der Waals surface area (Å²) in [4.78, 5) is 16.0. The number of hydrogen-bond donors (Lipinski definition) is 0. The summed E-state index contributed by atoms with van der Waals surface area (Å²) in [7, 11) is 1.41. The summed E-state index contributed by atoms with van der Waals surface area (Å²) in [5, 5.41) is 17.9. The van der Waals surface area contributed by atoms with Gasteiger partial charge in [0.2, 0.25) is 0 Å². The average molecular weight is 194 g/mol. The maximum atomic E-state index is 10.6. The maximum absolute atomic E-state index is 10.6. The Kier molecular flexibility index (Phi) is 1.77. The van der Waals surface area contributed by atoms with E-state index >= 15 is 0 Å². The summed E-state index contributed by atoms with van der Waals surface area (Å²) < 4.78 is 0. The molecular weight excluding hydrogens is 188 g/mol. The lowest BCUT2D eigenvalue weighted by Gasteiger charge is -1.96. The summed E-state index contributed by atoms with van der Waals surface area (Å²) in [6, 6.07) is 4.57. The SMILES string of the molecule is COn1nnc2c([N+](=O)[O-])cccc21. The van der Waals surface area contributed by atoms with E-state index in [-0.39, 0.29) is 11.2 Å². The number of fused-ring (bicyclic) bond motifs is 1. The number of aromatic nitrogens is 3. The van der Waals surface area contributed by atoms with E-state index in [0.29, 0.717) is 5.52 Å². The fourth-order valence-electron chi connectivity index (χ4n) is 1.19. The van der Waals surface area contributed by atoms with Gasteiger partial charge in [0.25, 0.3) is 5.69 Å². The normalized spacial score (nSPS) is 10.4. The molecule has 1 aromatic carbocycles. The molecule has 0 unspecified atom stereocenters.